The summed E-state index contributed by atoms with van der Waals surface area (Å²) in [6.07, 6.45) is 0. The van der Waals surface area contributed by atoms with Crippen LogP contribution in [0.3, 0.4) is 0 Å². The van der Waals surface area contributed by atoms with Crippen LogP contribution in [-0.2, 0) is 9.59 Å². The molecule has 1 N–H and O–H groups in total. The van der Waals surface area contributed by atoms with Gasteiger partial charge in [0.25, 0.3) is 11.5 Å². The molecule has 11 heteroatoms. The number of aromatic nitrogens is 3. The monoisotopic (exact) mass is 464 g/mol. The number of carboxylic acid groups (broad SMARTS) is 1. The molecule has 33 heavy (non-hydrogen) atoms. The smallest absolute Gasteiger partial charge is 0.323 e. The summed E-state index contributed by atoms with van der Waals surface area (Å²) in [4.78, 5) is 43.5. The molecule has 2 aromatic carbocycles. The van der Waals surface area contributed by atoms with Gasteiger partial charge in [-0.05, 0) is 24.3 Å². The van der Waals surface area contributed by atoms with Gasteiger partial charge in [0, 0.05) is 11.1 Å². The number of methoxy groups -OCH3 is 2. The first-order valence-corrected chi connectivity index (χ1v) is 10.5. The molecule has 0 fully saturated rings. The van der Waals surface area contributed by atoms with Crippen LogP contribution in [0.4, 0.5) is 5.69 Å². The van der Waals surface area contributed by atoms with Gasteiger partial charge in [-0.1, -0.05) is 29.5 Å². The first-order valence-electron chi connectivity index (χ1n) is 9.72. The molecule has 0 spiro atoms. The number of aliphatic carboxylic acids is 1. The fourth-order valence-corrected chi connectivity index (χ4v) is 4.77. The SMILES string of the molecule is COc1ccc(-c2nc3sc(=C4C(=O)N(CC(=O)O)c5ccccc54)c(=O)n3n2)cc1OC. The normalized spacial score (nSPS) is 14.6. The van der Waals surface area contributed by atoms with Gasteiger partial charge in [0.2, 0.25) is 4.96 Å². The Hall–Kier alpha value is -4.25. The highest BCUT2D eigenvalue weighted by Gasteiger charge is 2.35. The van der Waals surface area contributed by atoms with Crippen LogP contribution in [-0.4, -0.2) is 52.3 Å². The first kappa shape index (κ1) is 20.6. The van der Waals surface area contributed by atoms with E-state index in [-0.39, 0.29) is 10.1 Å². The minimum Gasteiger partial charge on any atom is -0.493 e. The summed E-state index contributed by atoms with van der Waals surface area (Å²) in [5, 5.41) is 13.5. The number of nitrogens with zero attached hydrogens (tertiary/aromatic N) is 4. The Bertz CT molecular complexity index is 1560. The number of hydrogen-bond acceptors (Lipinski definition) is 8. The number of carbonyl (C=O) groups excluding carboxylic acids is 1. The lowest BCUT2D eigenvalue weighted by Crippen LogP contribution is -2.35. The molecule has 0 saturated carbocycles. The Morgan fingerprint density at radius 1 is 1.09 bits per heavy atom. The second-order valence-electron chi connectivity index (χ2n) is 7.11. The topological polar surface area (TPSA) is 123 Å². The van der Waals surface area contributed by atoms with E-state index in [2.05, 4.69) is 10.1 Å². The predicted octanol–water partition coefficient (Wildman–Crippen LogP) is 1.18. The number of thiazole rings is 1. The fraction of sp³-hybridized carbons (Fsp3) is 0.136. The maximum atomic E-state index is 13.2. The van der Waals surface area contributed by atoms with Crippen LogP contribution in [0.2, 0.25) is 0 Å². The second kappa shape index (κ2) is 7.71. The fourth-order valence-electron chi connectivity index (χ4n) is 3.77. The minimum absolute atomic E-state index is 0.154. The van der Waals surface area contributed by atoms with E-state index >= 15 is 0 Å². The van der Waals surface area contributed by atoms with Crippen LogP contribution in [0.15, 0.2) is 47.3 Å². The van der Waals surface area contributed by atoms with Gasteiger partial charge in [0.1, 0.15) is 11.1 Å². The third-order valence-corrected chi connectivity index (χ3v) is 6.27. The molecule has 0 aliphatic carbocycles. The highest BCUT2D eigenvalue weighted by molar-refractivity contribution is 7.15. The largest absolute Gasteiger partial charge is 0.493 e. The van der Waals surface area contributed by atoms with Crippen molar-refractivity contribution >= 4 is 39.4 Å². The number of para-hydroxylation sites is 1. The molecule has 166 valence electrons. The van der Waals surface area contributed by atoms with E-state index in [0.717, 1.165) is 20.8 Å². The van der Waals surface area contributed by atoms with Crippen molar-refractivity contribution in [2.24, 2.45) is 0 Å². The zero-order valence-corrected chi connectivity index (χ0v) is 18.3. The molecule has 0 saturated heterocycles. The van der Waals surface area contributed by atoms with E-state index in [4.69, 9.17) is 9.47 Å². The summed E-state index contributed by atoms with van der Waals surface area (Å²) in [7, 11) is 3.05. The molecule has 0 bridgehead atoms. The molecule has 1 aliphatic heterocycles. The van der Waals surface area contributed by atoms with E-state index in [1.54, 1.807) is 42.5 Å². The summed E-state index contributed by atoms with van der Waals surface area (Å²) in [6.45, 7) is -0.502. The summed E-state index contributed by atoms with van der Waals surface area (Å²) >= 11 is 1.03. The Morgan fingerprint density at radius 3 is 2.55 bits per heavy atom. The van der Waals surface area contributed by atoms with Crippen molar-refractivity contribution in [1.29, 1.82) is 0 Å². The molecule has 1 aliphatic rings. The number of ether oxygens (including phenoxy) is 2. The second-order valence-corrected chi connectivity index (χ2v) is 8.09. The number of carboxylic acids is 1. The Kier molecular flexibility index (Phi) is 4.82. The van der Waals surface area contributed by atoms with E-state index in [1.807, 2.05) is 0 Å². The van der Waals surface area contributed by atoms with Gasteiger partial charge in [-0.2, -0.15) is 9.50 Å². The van der Waals surface area contributed by atoms with Crippen molar-refractivity contribution in [3.05, 3.63) is 62.9 Å². The first-order chi connectivity index (χ1) is 15.9. The average Bonchev–Trinajstić information content (AvgIpc) is 3.44. The van der Waals surface area contributed by atoms with Gasteiger partial charge >= 0.3 is 5.97 Å². The summed E-state index contributed by atoms with van der Waals surface area (Å²) in [6, 6.07) is 12.0. The number of carbonyl (C=O) groups is 2. The van der Waals surface area contributed by atoms with Crippen molar-refractivity contribution in [1.82, 2.24) is 14.6 Å². The van der Waals surface area contributed by atoms with Crippen molar-refractivity contribution < 1.29 is 24.2 Å². The molecule has 0 atom stereocenters. The number of anilines is 1. The van der Waals surface area contributed by atoms with E-state index in [0.29, 0.717) is 39.1 Å². The van der Waals surface area contributed by atoms with Crippen LogP contribution >= 0.6 is 11.3 Å². The van der Waals surface area contributed by atoms with Gasteiger partial charge in [-0.25, -0.2) is 0 Å². The average molecular weight is 464 g/mol. The number of hydrogen-bond donors (Lipinski definition) is 1. The van der Waals surface area contributed by atoms with Gasteiger partial charge in [0.15, 0.2) is 17.3 Å². The van der Waals surface area contributed by atoms with Gasteiger partial charge in [-0.15, -0.1) is 5.10 Å². The quantitative estimate of drug-likeness (QED) is 0.467. The Balaban J connectivity index is 1.66. The summed E-state index contributed by atoms with van der Waals surface area (Å²) in [5.41, 5.74) is 1.24. The molecular weight excluding hydrogens is 448 g/mol. The Morgan fingerprint density at radius 2 is 1.85 bits per heavy atom. The molecule has 10 nitrogen and oxygen atoms in total. The van der Waals surface area contributed by atoms with Gasteiger partial charge in [-0.3, -0.25) is 19.3 Å². The highest BCUT2D eigenvalue weighted by Crippen LogP contribution is 2.35. The van der Waals surface area contributed by atoms with Crippen molar-refractivity contribution in [2.75, 3.05) is 25.7 Å². The molecule has 5 rings (SSSR count). The predicted molar refractivity (Wildman–Crippen MR) is 120 cm³/mol. The van der Waals surface area contributed by atoms with Crippen LogP contribution in [0.5, 0.6) is 11.5 Å². The molecule has 0 unspecified atom stereocenters. The lowest BCUT2D eigenvalue weighted by Gasteiger charge is -2.13. The summed E-state index contributed by atoms with van der Waals surface area (Å²) in [5.74, 6) is -0.320. The van der Waals surface area contributed by atoms with Crippen molar-refractivity contribution in [3.8, 4) is 22.9 Å². The van der Waals surface area contributed by atoms with Crippen molar-refractivity contribution in [3.63, 3.8) is 0 Å². The van der Waals surface area contributed by atoms with E-state index in [9.17, 15) is 19.5 Å². The third-order valence-electron chi connectivity index (χ3n) is 5.24. The zero-order valence-electron chi connectivity index (χ0n) is 17.4. The maximum Gasteiger partial charge on any atom is 0.323 e. The van der Waals surface area contributed by atoms with Crippen LogP contribution in [0, 0.1) is 0 Å². The van der Waals surface area contributed by atoms with E-state index in [1.165, 1.54) is 14.2 Å². The minimum atomic E-state index is -1.15. The van der Waals surface area contributed by atoms with Gasteiger partial charge < -0.3 is 14.6 Å². The number of amides is 1. The van der Waals surface area contributed by atoms with Gasteiger partial charge in [0.05, 0.1) is 25.5 Å². The van der Waals surface area contributed by atoms with Crippen LogP contribution < -0.4 is 24.5 Å². The zero-order chi connectivity index (χ0) is 23.3. The molecule has 1 amide bonds. The number of fused-ring (bicyclic) bond motifs is 2. The van der Waals surface area contributed by atoms with E-state index < -0.39 is 24.0 Å². The lowest BCUT2D eigenvalue weighted by molar-refractivity contribution is -0.136. The van der Waals surface area contributed by atoms with Crippen LogP contribution in [0.1, 0.15) is 5.56 Å². The molecule has 2 aromatic heterocycles. The number of rotatable bonds is 5. The molecule has 3 heterocycles. The molecule has 0 radical (unpaired) electrons. The van der Waals surface area contributed by atoms with Crippen LogP contribution in [0.25, 0.3) is 21.9 Å². The molecule has 4 aromatic rings. The lowest BCUT2D eigenvalue weighted by atomic mass is 10.1. The maximum absolute atomic E-state index is 13.2. The standard InChI is InChI=1S/C22H16N4O6S/c1-31-14-8-7-11(9-15(14)32-2)19-23-22-26(24-19)21(30)18(33-22)17-12-5-3-4-6-13(12)25(20(17)29)10-16(27)28/h3-9H,10H2,1-2H3,(H,27,28). The highest BCUT2D eigenvalue weighted by atomic mass is 32.1. The third kappa shape index (κ3) is 3.21. The summed E-state index contributed by atoms with van der Waals surface area (Å²) < 4.78 is 11.9. The van der Waals surface area contributed by atoms with Crippen molar-refractivity contribution in [2.45, 2.75) is 0 Å². The molecular formula is C22H16N4O6S. The Labute approximate surface area is 189 Å². The number of benzene rings is 2.